The summed E-state index contributed by atoms with van der Waals surface area (Å²) in [6.07, 6.45) is 3.26. The second-order valence-corrected chi connectivity index (χ2v) is 12.5. The average molecular weight is 718 g/mol. The van der Waals surface area contributed by atoms with Crippen LogP contribution in [0.1, 0.15) is 77.0 Å². The summed E-state index contributed by atoms with van der Waals surface area (Å²) in [5, 5.41) is 1.04. The van der Waals surface area contributed by atoms with Crippen molar-refractivity contribution in [2.24, 2.45) is 0 Å². The number of imidazole rings is 1. The third-order valence-electron chi connectivity index (χ3n) is 7.91. The first-order valence-electron chi connectivity index (χ1n) is 14.3. The summed E-state index contributed by atoms with van der Waals surface area (Å²) in [5.41, 5.74) is 11.4. The van der Waals surface area contributed by atoms with Crippen LogP contribution < -0.4 is 0 Å². The maximum Gasteiger partial charge on any atom is 0.0774 e. The summed E-state index contributed by atoms with van der Waals surface area (Å²) in [5.74, 6) is 1.48. The first-order chi connectivity index (χ1) is 19.1. The molecule has 0 spiro atoms. The molecule has 6 aromatic rings. The fraction of sp³-hybridized carbons (Fsp3) is 0.270. The zero-order valence-corrected chi connectivity index (χ0v) is 27.3. The number of benzene rings is 4. The maximum absolute atomic E-state index is 6.01. The fourth-order valence-corrected chi connectivity index (χ4v) is 5.64. The quantitative estimate of drug-likeness (QED) is 0.166. The van der Waals surface area contributed by atoms with Crippen molar-refractivity contribution in [2.45, 2.75) is 65.7 Å². The number of rotatable bonds is 5. The van der Waals surface area contributed by atoms with Crippen LogP contribution in [0.15, 0.2) is 89.3 Å². The third kappa shape index (κ3) is 5.20. The van der Waals surface area contributed by atoms with Crippen LogP contribution in [0.2, 0.25) is 0 Å². The van der Waals surface area contributed by atoms with Crippen LogP contribution in [-0.4, -0.2) is 9.55 Å². The van der Waals surface area contributed by atoms with Gasteiger partial charge >= 0.3 is 0 Å². The Bertz CT molecular complexity index is 1810. The number of fused-ring (bicyclic) bond motifs is 2. The van der Waals surface area contributed by atoms with E-state index >= 15 is 0 Å². The topological polar surface area (TPSA) is 31.0 Å². The minimum Gasteiger partial charge on any atom is -0.557 e. The molecular formula is C37H37IrN2O-. The first kappa shape index (κ1) is 29.0. The van der Waals surface area contributed by atoms with Gasteiger partial charge < -0.3 is 8.98 Å². The zero-order chi connectivity index (χ0) is 28.2. The molecule has 211 valence electrons. The van der Waals surface area contributed by atoms with Gasteiger partial charge in [-0.05, 0) is 63.8 Å². The van der Waals surface area contributed by atoms with Crippen molar-refractivity contribution in [3.8, 4) is 28.2 Å². The van der Waals surface area contributed by atoms with Gasteiger partial charge in [0.25, 0.3) is 0 Å². The van der Waals surface area contributed by atoms with Crippen molar-refractivity contribution in [1.29, 1.82) is 0 Å². The van der Waals surface area contributed by atoms with E-state index < -0.39 is 0 Å². The monoisotopic (exact) mass is 718 g/mol. The van der Waals surface area contributed by atoms with Gasteiger partial charge in [-0.25, -0.2) is 0 Å². The molecule has 6 rings (SSSR count). The standard InChI is InChI=1S/C37H37N2O.Ir/c1-23(2)28-19-26(25-13-9-8-10-14-25)20-29(24(3)4)35(28)39-33-16-12-11-15-32(33)38-36(39)31-22-40-34-18-17-27(21-30(31)34)37(5,6)7;/h8-21,23-24H,1-7H3;/q-1;. The van der Waals surface area contributed by atoms with E-state index in [-0.39, 0.29) is 25.5 Å². The van der Waals surface area contributed by atoms with Crippen molar-refractivity contribution in [3.63, 3.8) is 0 Å². The molecule has 0 aliphatic heterocycles. The van der Waals surface area contributed by atoms with Gasteiger partial charge in [-0.3, -0.25) is 4.98 Å². The van der Waals surface area contributed by atoms with Gasteiger partial charge in [-0.2, -0.15) is 0 Å². The summed E-state index contributed by atoms with van der Waals surface area (Å²) >= 11 is 0. The molecule has 2 heterocycles. The average Bonchev–Trinajstić information content (AvgIpc) is 3.53. The molecule has 0 saturated heterocycles. The SMILES string of the molecule is CC(C)c1cc(-c2ccccc2)cc(C(C)C)c1-n1c(-c2[c-]oc3ccc(C(C)(C)C)cc23)nc2ccccc21.[Ir]. The molecule has 0 bridgehead atoms. The molecule has 0 amide bonds. The Hall–Kier alpha value is -3.46. The number of hydrogen-bond donors (Lipinski definition) is 0. The Labute approximate surface area is 257 Å². The van der Waals surface area contributed by atoms with Crippen LogP contribution in [0.4, 0.5) is 0 Å². The smallest absolute Gasteiger partial charge is 0.0774 e. The van der Waals surface area contributed by atoms with Crippen LogP contribution in [0.3, 0.4) is 0 Å². The van der Waals surface area contributed by atoms with Gasteiger partial charge in [0.1, 0.15) is 0 Å². The Morgan fingerprint density at radius 3 is 2.02 bits per heavy atom. The van der Waals surface area contributed by atoms with E-state index in [0.717, 1.165) is 33.4 Å². The molecule has 0 aliphatic carbocycles. The summed E-state index contributed by atoms with van der Waals surface area (Å²) in [6.45, 7) is 15.9. The molecule has 2 aromatic heterocycles. The maximum atomic E-state index is 6.01. The van der Waals surface area contributed by atoms with Crippen molar-refractivity contribution in [3.05, 3.63) is 108 Å². The normalized spacial score (nSPS) is 12.0. The van der Waals surface area contributed by atoms with E-state index in [0.29, 0.717) is 11.8 Å². The minimum atomic E-state index is 0. The van der Waals surface area contributed by atoms with Gasteiger partial charge in [-0.1, -0.05) is 126 Å². The Kier molecular flexibility index (Phi) is 7.85. The molecule has 4 heteroatoms. The third-order valence-corrected chi connectivity index (χ3v) is 7.91. The van der Waals surface area contributed by atoms with Crippen LogP contribution in [-0.2, 0) is 25.5 Å². The van der Waals surface area contributed by atoms with E-state index in [1.165, 1.54) is 33.5 Å². The molecule has 41 heavy (non-hydrogen) atoms. The van der Waals surface area contributed by atoms with Gasteiger partial charge in [0.05, 0.1) is 16.9 Å². The van der Waals surface area contributed by atoms with E-state index in [2.05, 4.69) is 144 Å². The van der Waals surface area contributed by atoms with Gasteiger partial charge in [0, 0.05) is 37.6 Å². The summed E-state index contributed by atoms with van der Waals surface area (Å²) in [6, 6.07) is 30.3. The van der Waals surface area contributed by atoms with Crippen LogP contribution in [0, 0.1) is 6.26 Å². The van der Waals surface area contributed by atoms with Crippen LogP contribution >= 0.6 is 0 Å². The second kappa shape index (κ2) is 11.1. The van der Waals surface area contributed by atoms with Gasteiger partial charge in [0.2, 0.25) is 0 Å². The molecule has 0 atom stereocenters. The zero-order valence-electron chi connectivity index (χ0n) is 24.9. The molecule has 0 aliphatic rings. The Balaban J connectivity index is 0.00000337. The molecule has 0 saturated carbocycles. The minimum absolute atomic E-state index is 0. The van der Waals surface area contributed by atoms with E-state index in [9.17, 15) is 0 Å². The number of furan rings is 1. The van der Waals surface area contributed by atoms with Gasteiger partial charge in [0.15, 0.2) is 0 Å². The molecule has 3 nitrogen and oxygen atoms in total. The van der Waals surface area contributed by atoms with Crippen molar-refractivity contribution in [2.75, 3.05) is 0 Å². The number of hydrogen-bond acceptors (Lipinski definition) is 2. The number of nitrogens with zero attached hydrogens (tertiary/aromatic N) is 2. The first-order valence-corrected chi connectivity index (χ1v) is 14.3. The van der Waals surface area contributed by atoms with Crippen molar-refractivity contribution < 1.29 is 24.5 Å². The fourth-order valence-electron chi connectivity index (χ4n) is 5.64. The second-order valence-electron chi connectivity index (χ2n) is 12.5. The Morgan fingerprint density at radius 1 is 0.756 bits per heavy atom. The molecule has 4 aromatic carbocycles. The molecule has 0 unspecified atom stereocenters. The predicted octanol–water partition coefficient (Wildman–Crippen LogP) is 10.4. The predicted molar refractivity (Wildman–Crippen MR) is 167 cm³/mol. The summed E-state index contributed by atoms with van der Waals surface area (Å²) in [4.78, 5) is 5.23. The van der Waals surface area contributed by atoms with E-state index in [1.54, 1.807) is 0 Å². The van der Waals surface area contributed by atoms with Crippen LogP contribution in [0.25, 0.3) is 50.2 Å². The summed E-state index contributed by atoms with van der Waals surface area (Å²) < 4.78 is 8.37. The van der Waals surface area contributed by atoms with Crippen molar-refractivity contribution in [1.82, 2.24) is 9.55 Å². The van der Waals surface area contributed by atoms with Crippen molar-refractivity contribution >= 4 is 22.0 Å². The Morgan fingerprint density at radius 2 is 1.39 bits per heavy atom. The van der Waals surface area contributed by atoms with Crippen LogP contribution in [0.5, 0.6) is 0 Å². The molecule has 0 fully saturated rings. The molecule has 1 radical (unpaired) electrons. The number of aromatic nitrogens is 2. The van der Waals surface area contributed by atoms with Gasteiger partial charge in [-0.15, -0.1) is 0 Å². The molecular weight excluding hydrogens is 681 g/mol. The van der Waals surface area contributed by atoms with E-state index in [1.807, 2.05) is 0 Å². The summed E-state index contributed by atoms with van der Waals surface area (Å²) in [7, 11) is 0. The molecule has 0 N–H and O–H groups in total. The van der Waals surface area contributed by atoms with E-state index in [4.69, 9.17) is 9.40 Å². The number of para-hydroxylation sites is 2. The largest absolute Gasteiger partial charge is 0.557 e.